The third-order valence-corrected chi connectivity index (χ3v) is 5.71. The Bertz CT molecular complexity index is 1030. The van der Waals surface area contributed by atoms with Gasteiger partial charge in [-0.15, -0.1) is 0 Å². The molecule has 0 unspecified atom stereocenters. The second-order valence-corrected chi connectivity index (χ2v) is 8.55. The van der Waals surface area contributed by atoms with E-state index in [4.69, 9.17) is 15.2 Å². The van der Waals surface area contributed by atoms with Gasteiger partial charge in [0.2, 0.25) is 11.8 Å². The first kappa shape index (κ1) is 19.2. The molecule has 1 atom stereocenters. The highest BCUT2D eigenvalue weighted by molar-refractivity contribution is 6.22. The van der Waals surface area contributed by atoms with E-state index < -0.39 is 17.3 Å². The molecule has 1 spiro atoms. The molecular formula is C22H24N2O5. The van der Waals surface area contributed by atoms with Gasteiger partial charge in [-0.3, -0.25) is 9.59 Å². The molecule has 152 valence electrons. The Morgan fingerprint density at radius 1 is 1.28 bits per heavy atom. The average molecular weight is 396 g/mol. The SMILES string of the molecule is CCOC(=O)C1=C(N)OC2=C(C(=O)CC(C)(C)C2)[C@]12C(=O)Nc1ccc(C)cc12. The number of Topliss-reactive ketones (excluding diaryl/α,β-unsaturated/α-hetero) is 1. The van der Waals surface area contributed by atoms with Gasteiger partial charge in [0.15, 0.2) is 5.78 Å². The Morgan fingerprint density at radius 3 is 2.69 bits per heavy atom. The van der Waals surface area contributed by atoms with Crippen LogP contribution in [0.2, 0.25) is 0 Å². The molecule has 3 aliphatic rings. The van der Waals surface area contributed by atoms with Crippen LogP contribution in [0, 0.1) is 12.3 Å². The Balaban J connectivity index is 2.08. The van der Waals surface area contributed by atoms with Crippen molar-refractivity contribution in [2.75, 3.05) is 11.9 Å². The monoisotopic (exact) mass is 396 g/mol. The third kappa shape index (κ3) is 2.60. The average Bonchev–Trinajstić information content (AvgIpc) is 2.86. The number of carbonyl (C=O) groups is 3. The zero-order chi connectivity index (χ0) is 21.1. The van der Waals surface area contributed by atoms with Crippen LogP contribution in [0.3, 0.4) is 0 Å². The molecule has 4 rings (SSSR count). The minimum absolute atomic E-state index is 0.0981. The van der Waals surface area contributed by atoms with E-state index in [1.165, 1.54) is 0 Å². The Morgan fingerprint density at radius 2 is 2.00 bits per heavy atom. The molecule has 1 amide bonds. The maximum absolute atomic E-state index is 13.5. The van der Waals surface area contributed by atoms with Crippen LogP contribution in [-0.4, -0.2) is 24.3 Å². The lowest BCUT2D eigenvalue weighted by Gasteiger charge is -2.42. The highest BCUT2D eigenvalue weighted by atomic mass is 16.5. The molecule has 0 saturated heterocycles. The molecule has 3 N–H and O–H groups in total. The first-order chi connectivity index (χ1) is 13.6. The van der Waals surface area contributed by atoms with Gasteiger partial charge < -0.3 is 20.5 Å². The van der Waals surface area contributed by atoms with Crippen LogP contribution >= 0.6 is 0 Å². The van der Waals surface area contributed by atoms with Crippen LogP contribution in [0.15, 0.2) is 41.0 Å². The first-order valence-electron chi connectivity index (χ1n) is 9.66. The van der Waals surface area contributed by atoms with Crippen molar-refractivity contribution in [3.05, 3.63) is 52.1 Å². The van der Waals surface area contributed by atoms with Crippen LogP contribution in [0.5, 0.6) is 0 Å². The quantitative estimate of drug-likeness (QED) is 0.744. The van der Waals surface area contributed by atoms with Crippen LogP contribution in [0.1, 0.15) is 44.7 Å². The number of carbonyl (C=O) groups excluding carboxylic acids is 3. The van der Waals surface area contributed by atoms with Crippen molar-refractivity contribution in [3.8, 4) is 0 Å². The number of ketones is 1. The van der Waals surface area contributed by atoms with Gasteiger partial charge in [-0.1, -0.05) is 31.5 Å². The molecule has 0 fully saturated rings. The number of allylic oxidation sites excluding steroid dienone is 1. The van der Waals surface area contributed by atoms with Crippen LogP contribution in [0.4, 0.5) is 5.69 Å². The minimum atomic E-state index is -1.67. The molecule has 0 radical (unpaired) electrons. The minimum Gasteiger partial charge on any atom is -0.462 e. The van der Waals surface area contributed by atoms with E-state index in [0.717, 1.165) is 5.56 Å². The highest BCUT2D eigenvalue weighted by Gasteiger charge is 2.62. The predicted molar refractivity (Wildman–Crippen MR) is 105 cm³/mol. The largest absolute Gasteiger partial charge is 0.462 e. The summed E-state index contributed by atoms with van der Waals surface area (Å²) >= 11 is 0. The molecule has 0 saturated carbocycles. The summed E-state index contributed by atoms with van der Waals surface area (Å²) in [7, 11) is 0. The number of nitrogens with one attached hydrogen (secondary N) is 1. The van der Waals surface area contributed by atoms with Gasteiger partial charge in [0.25, 0.3) is 0 Å². The number of esters is 1. The van der Waals surface area contributed by atoms with Gasteiger partial charge in [-0.25, -0.2) is 4.79 Å². The number of rotatable bonds is 2. The van der Waals surface area contributed by atoms with Crippen molar-refractivity contribution in [2.45, 2.75) is 46.0 Å². The summed E-state index contributed by atoms with van der Waals surface area (Å²) in [6.07, 6.45) is 0.669. The standard InChI is InChI=1S/C22H24N2O5/c1-5-28-19(26)17-18(23)29-15-10-21(3,4)9-14(25)16(15)22(17)12-8-11(2)6-7-13(12)24-20(22)27/h6-8H,5,9-10,23H2,1-4H3,(H,24,27)/t22-/m0/s1. The number of hydrogen-bond acceptors (Lipinski definition) is 6. The van der Waals surface area contributed by atoms with Gasteiger partial charge >= 0.3 is 5.97 Å². The number of amides is 1. The van der Waals surface area contributed by atoms with E-state index >= 15 is 0 Å². The number of benzene rings is 1. The number of anilines is 1. The molecule has 1 aromatic carbocycles. The molecule has 2 heterocycles. The summed E-state index contributed by atoms with van der Waals surface area (Å²) in [5.41, 5.74) is 6.20. The maximum Gasteiger partial charge on any atom is 0.341 e. The topological polar surface area (TPSA) is 108 Å². The molecule has 0 aromatic heterocycles. The molecule has 7 heteroatoms. The number of ether oxygens (including phenoxy) is 2. The smallest absolute Gasteiger partial charge is 0.341 e. The summed E-state index contributed by atoms with van der Waals surface area (Å²) in [6.45, 7) is 7.56. The lowest BCUT2D eigenvalue weighted by molar-refractivity contribution is -0.141. The van der Waals surface area contributed by atoms with E-state index in [-0.39, 0.29) is 41.3 Å². The zero-order valence-corrected chi connectivity index (χ0v) is 17.0. The second-order valence-electron chi connectivity index (χ2n) is 8.55. The highest BCUT2D eigenvalue weighted by Crippen LogP contribution is 2.56. The fourth-order valence-electron chi connectivity index (χ4n) is 4.63. The molecule has 0 bridgehead atoms. The van der Waals surface area contributed by atoms with Crippen molar-refractivity contribution >= 4 is 23.3 Å². The maximum atomic E-state index is 13.5. The fourth-order valence-corrected chi connectivity index (χ4v) is 4.63. The van der Waals surface area contributed by atoms with Crippen molar-refractivity contribution in [3.63, 3.8) is 0 Å². The van der Waals surface area contributed by atoms with Gasteiger partial charge in [0.05, 0.1) is 12.2 Å². The Hall–Kier alpha value is -3.09. The summed E-state index contributed by atoms with van der Waals surface area (Å²) in [6, 6.07) is 5.43. The van der Waals surface area contributed by atoms with Crippen LogP contribution in [0.25, 0.3) is 0 Å². The summed E-state index contributed by atoms with van der Waals surface area (Å²) in [5.74, 6) is -1.33. The molecule has 1 aliphatic carbocycles. The van der Waals surface area contributed by atoms with E-state index in [0.29, 0.717) is 23.4 Å². The van der Waals surface area contributed by atoms with Crippen molar-refractivity contribution in [1.29, 1.82) is 0 Å². The van der Waals surface area contributed by atoms with Crippen molar-refractivity contribution in [1.82, 2.24) is 0 Å². The molecule has 1 aromatic rings. The fraction of sp³-hybridized carbons (Fsp3) is 0.409. The summed E-state index contributed by atoms with van der Waals surface area (Å²) in [4.78, 5) is 39.8. The van der Waals surface area contributed by atoms with Crippen LogP contribution < -0.4 is 11.1 Å². The van der Waals surface area contributed by atoms with Gasteiger partial charge in [0.1, 0.15) is 16.7 Å². The third-order valence-electron chi connectivity index (χ3n) is 5.71. The molecule has 2 aliphatic heterocycles. The Kier molecular flexibility index (Phi) is 4.12. The molecule has 7 nitrogen and oxygen atoms in total. The van der Waals surface area contributed by atoms with Crippen LogP contribution in [-0.2, 0) is 29.3 Å². The van der Waals surface area contributed by atoms with Crippen molar-refractivity contribution in [2.24, 2.45) is 11.1 Å². The second kappa shape index (κ2) is 6.20. The summed E-state index contributed by atoms with van der Waals surface area (Å²) in [5, 5.41) is 2.83. The van der Waals surface area contributed by atoms with Gasteiger partial charge in [-0.2, -0.15) is 0 Å². The predicted octanol–water partition coefficient (Wildman–Crippen LogP) is 2.59. The van der Waals surface area contributed by atoms with Gasteiger partial charge in [0, 0.05) is 24.1 Å². The zero-order valence-electron chi connectivity index (χ0n) is 17.0. The first-order valence-corrected chi connectivity index (χ1v) is 9.66. The van der Waals surface area contributed by atoms with Crippen molar-refractivity contribution < 1.29 is 23.9 Å². The lowest BCUT2D eigenvalue weighted by Crippen LogP contribution is -2.50. The number of aryl methyl sites for hydroxylation is 1. The Labute approximate surface area is 168 Å². The molecule has 29 heavy (non-hydrogen) atoms. The van der Waals surface area contributed by atoms with E-state index in [1.54, 1.807) is 13.0 Å². The van der Waals surface area contributed by atoms with E-state index in [1.807, 2.05) is 32.9 Å². The number of nitrogens with two attached hydrogens (primary N) is 1. The van der Waals surface area contributed by atoms with Gasteiger partial charge in [-0.05, 0) is 25.3 Å². The van der Waals surface area contributed by atoms with E-state index in [9.17, 15) is 14.4 Å². The number of fused-ring (bicyclic) bond motifs is 3. The lowest BCUT2D eigenvalue weighted by atomic mass is 9.61. The van der Waals surface area contributed by atoms with E-state index in [2.05, 4.69) is 5.32 Å². The number of hydrogen-bond donors (Lipinski definition) is 2. The normalized spacial score (nSPS) is 24.8. The molecular weight excluding hydrogens is 372 g/mol. The summed E-state index contributed by atoms with van der Waals surface area (Å²) < 4.78 is 11.0.